The Balaban J connectivity index is 2.85. The number of methoxy groups -OCH3 is 1. The van der Waals surface area contributed by atoms with Gasteiger partial charge in [-0.25, -0.2) is 0 Å². The minimum Gasteiger partial charge on any atom is -0.496 e. The van der Waals surface area contributed by atoms with Gasteiger partial charge in [0.15, 0.2) is 0 Å². The van der Waals surface area contributed by atoms with Crippen molar-refractivity contribution in [2.24, 2.45) is 5.92 Å². The van der Waals surface area contributed by atoms with Crippen LogP contribution in [0.1, 0.15) is 32.4 Å². The molecular formula is C16H23NO5. The van der Waals surface area contributed by atoms with Crippen molar-refractivity contribution in [1.82, 2.24) is 5.32 Å². The number of aliphatic carboxylic acids is 1. The summed E-state index contributed by atoms with van der Waals surface area (Å²) in [7, 11) is 1.57. The molecule has 0 fully saturated rings. The van der Waals surface area contributed by atoms with E-state index in [1.807, 2.05) is 38.1 Å². The first-order chi connectivity index (χ1) is 10.4. The molecule has 0 aliphatic heterocycles. The van der Waals surface area contributed by atoms with Gasteiger partial charge in [0.1, 0.15) is 17.8 Å². The van der Waals surface area contributed by atoms with Crippen molar-refractivity contribution in [2.45, 2.75) is 33.0 Å². The van der Waals surface area contributed by atoms with Gasteiger partial charge in [-0.15, -0.1) is 0 Å². The topological polar surface area (TPSA) is 84.9 Å². The fraction of sp³-hybridized carbons (Fsp3) is 0.500. The number of amides is 1. The van der Waals surface area contributed by atoms with Gasteiger partial charge in [-0.05, 0) is 26.8 Å². The maximum Gasteiger partial charge on any atom is 0.315 e. The van der Waals surface area contributed by atoms with Crippen LogP contribution in [0.4, 0.5) is 0 Å². The Kier molecular flexibility index (Phi) is 6.85. The molecule has 1 amide bonds. The lowest BCUT2D eigenvalue weighted by Crippen LogP contribution is -2.37. The number of carboxylic acid groups (broad SMARTS) is 1. The summed E-state index contributed by atoms with van der Waals surface area (Å²) in [5.41, 5.74) is 0.807. The highest BCUT2D eigenvalue weighted by Crippen LogP contribution is 2.28. The van der Waals surface area contributed by atoms with Crippen LogP contribution in [0, 0.1) is 5.92 Å². The lowest BCUT2D eigenvalue weighted by atomic mass is 10.1. The molecule has 0 aliphatic carbocycles. The van der Waals surface area contributed by atoms with E-state index in [-0.39, 0.29) is 12.6 Å². The fourth-order valence-corrected chi connectivity index (χ4v) is 1.95. The molecule has 0 heterocycles. The first-order valence-corrected chi connectivity index (χ1v) is 7.15. The van der Waals surface area contributed by atoms with Gasteiger partial charge in [-0.2, -0.15) is 0 Å². The highest BCUT2D eigenvalue weighted by Gasteiger charge is 2.23. The van der Waals surface area contributed by atoms with Crippen LogP contribution in [-0.2, 0) is 14.3 Å². The van der Waals surface area contributed by atoms with Crippen molar-refractivity contribution in [3.8, 4) is 5.75 Å². The summed E-state index contributed by atoms with van der Waals surface area (Å²) >= 11 is 0. The van der Waals surface area contributed by atoms with Crippen molar-refractivity contribution >= 4 is 11.9 Å². The summed E-state index contributed by atoms with van der Waals surface area (Å²) < 4.78 is 11.1. The summed E-state index contributed by atoms with van der Waals surface area (Å²) in [4.78, 5) is 22.6. The first kappa shape index (κ1) is 18.0. The zero-order chi connectivity index (χ0) is 16.7. The Morgan fingerprint density at radius 2 is 1.86 bits per heavy atom. The fourth-order valence-electron chi connectivity index (χ4n) is 1.95. The highest BCUT2D eigenvalue weighted by atomic mass is 16.5. The van der Waals surface area contributed by atoms with Crippen LogP contribution in [0.2, 0.25) is 0 Å². The molecule has 1 rings (SSSR count). The van der Waals surface area contributed by atoms with E-state index in [9.17, 15) is 9.59 Å². The van der Waals surface area contributed by atoms with E-state index < -0.39 is 23.9 Å². The summed E-state index contributed by atoms with van der Waals surface area (Å²) in [6.07, 6.45) is -0.468. The molecule has 122 valence electrons. The van der Waals surface area contributed by atoms with E-state index >= 15 is 0 Å². The highest BCUT2D eigenvalue weighted by molar-refractivity contribution is 5.96. The van der Waals surface area contributed by atoms with Gasteiger partial charge in [-0.1, -0.05) is 18.2 Å². The number of hydrogen-bond donors (Lipinski definition) is 2. The molecule has 0 bridgehead atoms. The maximum absolute atomic E-state index is 11.8. The monoisotopic (exact) mass is 309 g/mol. The van der Waals surface area contributed by atoms with Gasteiger partial charge in [-0.3, -0.25) is 9.59 Å². The van der Waals surface area contributed by atoms with Gasteiger partial charge < -0.3 is 19.9 Å². The van der Waals surface area contributed by atoms with Crippen LogP contribution in [0.15, 0.2) is 24.3 Å². The third-order valence-electron chi connectivity index (χ3n) is 3.15. The predicted molar refractivity (Wildman–Crippen MR) is 81.8 cm³/mol. The minimum atomic E-state index is -1.16. The normalized spacial score (nSPS) is 13.5. The summed E-state index contributed by atoms with van der Waals surface area (Å²) in [5, 5.41) is 11.5. The number of carbonyl (C=O) groups is 2. The molecule has 0 aliphatic rings. The number of benzene rings is 1. The Morgan fingerprint density at radius 3 is 2.41 bits per heavy atom. The molecular weight excluding hydrogens is 286 g/mol. The quantitative estimate of drug-likeness (QED) is 0.717. The lowest BCUT2D eigenvalue weighted by molar-refractivity contribution is -0.146. The van der Waals surface area contributed by atoms with E-state index in [2.05, 4.69) is 5.32 Å². The van der Waals surface area contributed by atoms with Crippen LogP contribution in [0.25, 0.3) is 0 Å². The van der Waals surface area contributed by atoms with Crippen molar-refractivity contribution in [2.75, 3.05) is 13.7 Å². The number of carboxylic acids is 1. The second-order valence-electron chi connectivity index (χ2n) is 5.22. The van der Waals surface area contributed by atoms with E-state index in [0.717, 1.165) is 5.56 Å². The smallest absolute Gasteiger partial charge is 0.315 e. The average molecular weight is 309 g/mol. The second kappa shape index (κ2) is 8.38. The average Bonchev–Trinajstić information content (AvgIpc) is 2.49. The molecule has 2 N–H and O–H groups in total. The van der Waals surface area contributed by atoms with Gasteiger partial charge in [0.25, 0.3) is 0 Å². The van der Waals surface area contributed by atoms with Crippen molar-refractivity contribution in [1.29, 1.82) is 0 Å². The maximum atomic E-state index is 11.8. The number of hydrogen-bond acceptors (Lipinski definition) is 4. The van der Waals surface area contributed by atoms with E-state index in [0.29, 0.717) is 5.75 Å². The van der Waals surface area contributed by atoms with E-state index in [1.165, 1.54) is 6.92 Å². The molecule has 22 heavy (non-hydrogen) atoms. The van der Waals surface area contributed by atoms with Crippen molar-refractivity contribution in [3.05, 3.63) is 29.8 Å². The van der Waals surface area contributed by atoms with Crippen LogP contribution < -0.4 is 10.1 Å². The SMILES string of the molecule is COc1ccccc1C(CNC(=O)C(C)C(=O)O)OC(C)C. The van der Waals surface area contributed by atoms with Gasteiger partial charge in [0.2, 0.25) is 5.91 Å². The van der Waals surface area contributed by atoms with Crippen LogP contribution in [0.5, 0.6) is 5.75 Å². The molecule has 0 saturated carbocycles. The number of carbonyl (C=O) groups excluding carboxylic acids is 1. The Bertz CT molecular complexity index is 515. The third-order valence-corrected chi connectivity index (χ3v) is 3.15. The molecule has 1 aromatic rings. The summed E-state index contributed by atoms with van der Waals surface area (Å²) in [6.45, 7) is 5.31. The molecule has 6 nitrogen and oxygen atoms in total. The lowest BCUT2D eigenvalue weighted by Gasteiger charge is -2.23. The molecule has 0 radical (unpaired) electrons. The number of para-hydroxylation sites is 1. The number of rotatable bonds is 8. The summed E-state index contributed by atoms with van der Waals surface area (Å²) in [5.74, 6) is -2.14. The molecule has 0 spiro atoms. The van der Waals surface area contributed by atoms with Crippen molar-refractivity contribution < 1.29 is 24.2 Å². The van der Waals surface area contributed by atoms with E-state index in [1.54, 1.807) is 7.11 Å². The predicted octanol–water partition coefficient (Wildman–Crippen LogP) is 2.00. The molecule has 1 aromatic carbocycles. The molecule has 2 atom stereocenters. The molecule has 0 saturated heterocycles. The number of ether oxygens (including phenoxy) is 2. The summed E-state index contributed by atoms with van der Waals surface area (Å²) in [6, 6.07) is 7.38. The Hall–Kier alpha value is -2.08. The van der Waals surface area contributed by atoms with Gasteiger partial charge in [0, 0.05) is 12.1 Å². The minimum absolute atomic E-state index is 0.0521. The van der Waals surface area contributed by atoms with Crippen molar-refractivity contribution in [3.63, 3.8) is 0 Å². The zero-order valence-electron chi connectivity index (χ0n) is 13.3. The molecule has 0 aromatic heterocycles. The zero-order valence-corrected chi connectivity index (χ0v) is 13.3. The van der Waals surface area contributed by atoms with E-state index in [4.69, 9.17) is 14.6 Å². The van der Waals surface area contributed by atoms with Crippen LogP contribution in [-0.4, -0.2) is 36.7 Å². The second-order valence-corrected chi connectivity index (χ2v) is 5.22. The van der Waals surface area contributed by atoms with Gasteiger partial charge in [0.05, 0.1) is 13.2 Å². The van der Waals surface area contributed by atoms with Gasteiger partial charge >= 0.3 is 5.97 Å². The Morgan fingerprint density at radius 1 is 1.23 bits per heavy atom. The Labute approximate surface area is 130 Å². The largest absolute Gasteiger partial charge is 0.496 e. The van der Waals surface area contributed by atoms with Crippen LogP contribution >= 0.6 is 0 Å². The third kappa shape index (κ3) is 5.04. The molecule has 6 heteroatoms. The number of nitrogens with one attached hydrogen (secondary N) is 1. The molecule has 2 unspecified atom stereocenters. The van der Waals surface area contributed by atoms with Crippen LogP contribution in [0.3, 0.4) is 0 Å². The standard InChI is InChI=1S/C16H23NO5/c1-10(2)22-14(9-17-15(18)11(3)16(19)20)12-7-5-6-8-13(12)21-4/h5-8,10-11,14H,9H2,1-4H3,(H,17,18)(H,19,20). The first-order valence-electron chi connectivity index (χ1n) is 7.15.